The van der Waals surface area contributed by atoms with Crippen molar-refractivity contribution in [2.24, 2.45) is 11.8 Å². The molecule has 1 aliphatic rings. The van der Waals surface area contributed by atoms with Crippen LogP contribution in [0.1, 0.15) is 38.5 Å². The van der Waals surface area contributed by atoms with E-state index in [1.54, 1.807) is 6.08 Å². The van der Waals surface area contributed by atoms with Crippen molar-refractivity contribution in [2.75, 3.05) is 6.61 Å². The van der Waals surface area contributed by atoms with Gasteiger partial charge in [0, 0.05) is 6.42 Å². The summed E-state index contributed by atoms with van der Waals surface area (Å²) >= 11 is 0. The molecule has 0 aliphatic heterocycles. The first-order valence-electron chi connectivity index (χ1n) is 9.65. The number of hydrogen-bond acceptors (Lipinski definition) is 4. The molecule has 1 aromatic carbocycles. The highest BCUT2D eigenvalue weighted by Crippen LogP contribution is 2.36. The number of ether oxygens (including phenoxy) is 1. The molecule has 148 valence electrons. The Kier molecular flexibility index (Phi) is 9.08. The Balaban J connectivity index is 1.74. The van der Waals surface area contributed by atoms with Crippen molar-refractivity contribution >= 4 is 5.97 Å². The van der Waals surface area contributed by atoms with E-state index in [9.17, 15) is 15.0 Å². The number of carboxylic acids is 1. The Labute approximate surface area is 161 Å². The lowest BCUT2D eigenvalue weighted by Crippen LogP contribution is -2.19. The van der Waals surface area contributed by atoms with Gasteiger partial charge in [0.2, 0.25) is 0 Å². The molecule has 4 unspecified atom stereocenters. The summed E-state index contributed by atoms with van der Waals surface area (Å²) in [6, 6.07) is 9.39. The Morgan fingerprint density at radius 1 is 1.19 bits per heavy atom. The van der Waals surface area contributed by atoms with Crippen LogP contribution >= 0.6 is 0 Å². The van der Waals surface area contributed by atoms with Crippen LogP contribution in [0, 0.1) is 11.8 Å². The summed E-state index contributed by atoms with van der Waals surface area (Å²) < 4.78 is 5.55. The van der Waals surface area contributed by atoms with Crippen LogP contribution in [-0.4, -0.2) is 40.1 Å². The largest absolute Gasteiger partial charge is 0.491 e. The molecule has 0 amide bonds. The van der Waals surface area contributed by atoms with Crippen LogP contribution in [0.15, 0.2) is 54.6 Å². The fourth-order valence-corrected chi connectivity index (χ4v) is 3.48. The summed E-state index contributed by atoms with van der Waals surface area (Å²) in [4.78, 5) is 10.5. The summed E-state index contributed by atoms with van der Waals surface area (Å²) in [5.41, 5.74) is 0. The van der Waals surface area contributed by atoms with Crippen LogP contribution < -0.4 is 4.74 Å². The van der Waals surface area contributed by atoms with Crippen molar-refractivity contribution in [1.82, 2.24) is 0 Å². The summed E-state index contributed by atoms with van der Waals surface area (Å²) in [6.45, 7) is 0.201. The number of para-hydroxylation sites is 1. The minimum absolute atomic E-state index is 0.150. The van der Waals surface area contributed by atoms with Crippen LogP contribution in [0.5, 0.6) is 5.75 Å². The first kappa shape index (κ1) is 21.2. The SMILES string of the molecule is O=C(O)CCC=CCCC1C(O)CCC1C=CC(O)COc1ccccc1. The first-order chi connectivity index (χ1) is 13.1. The third-order valence-electron chi connectivity index (χ3n) is 4.94. The van der Waals surface area contributed by atoms with Crippen LogP contribution in [-0.2, 0) is 4.79 Å². The van der Waals surface area contributed by atoms with Gasteiger partial charge in [-0.05, 0) is 56.1 Å². The number of rotatable bonds is 11. The average molecular weight is 374 g/mol. The molecule has 1 fully saturated rings. The number of carbonyl (C=O) groups is 1. The molecule has 0 heterocycles. The fraction of sp³-hybridized carbons (Fsp3) is 0.500. The molecular formula is C22H30O5. The van der Waals surface area contributed by atoms with E-state index < -0.39 is 12.1 Å². The summed E-state index contributed by atoms with van der Waals surface area (Å²) in [6.07, 6.45) is 10.7. The standard InChI is InChI=1S/C22H30O5/c23-18(16-27-19-8-4-3-5-9-19)14-12-17-13-15-21(24)20(17)10-6-1-2-7-11-22(25)26/h1-5,8-9,12,14,17-18,20-21,23-24H,6-7,10-11,13,15-16H2,(H,25,26). The van der Waals surface area contributed by atoms with E-state index in [0.29, 0.717) is 6.42 Å². The zero-order chi connectivity index (χ0) is 19.5. The maximum atomic E-state index is 10.5. The Bertz CT molecular complexity index is 610. The lowest BCUT2D eigenvalue weighted by molar-refractivity contribution is -0.136. The summed E-state index contributed by atoms with van der Waals surface area (Å²) in [5.74, 6) is 0.367. The highest BCUT2D eigenvalue weighted by molar-refractivity contribution is 5.66. The molecule has 1 saturated carbocycles. The zero-order valence-corrected chi connectivity index (χ0v) is 15.6. The van der Waals surface area contributed by atoms with Gasteiger partial charge in [0.25, 0.3) is 0 Å². The second kappa shape index (κ2) is 11.6. The second-order valence-corrected chi connectivity index (χ2v) is 7.03. The lowest BCUT2D eigenvalue weighted by Gasteiger charge is -2.19. The number of aliphatic hydroxyl groups excluding tert-OH is 2. The van der Waals surface area contributed by atoms with Crippen LogP contribution in [0.4, 0.5) is 0 Å². The number of aliphatic hydroxyl groups is 2. The van der Waals surface area contributed by atoms with Crippen LogP contribution in [0.25, 0.3) is 0 Å². The molecule has 2 rings (SSSR count). The van der Waals surface area contributed by atoms with Gasteiger partial charge in [-0.1, -0.05) is 42.5 Å². The predicted molar refractivity (Wildman–Crippen MR) is 105 cm³/mol. The van der Waals surface area contributed by atoms with E-state index in [1.807, 2.05) is 48.6 Å². The van der Waals surface area contributed by atoms with Gasteiger partial charge in [-0.25, -0.2) is 0 Å². The maximum absolute atomic E-state index is 10.5. The molecule has 4 atom stereocenters. The van der Waals surface area contributed by atoms with E-state index >= 15 is 0 Å². The van der Waals surface area contributed by atoms with E-state index in [0.717, 1.165) is 31.4 Å². The number of allylic oxidation sites excluding steroid dienone is 3. The fourth-order valence-electron chi connectivity index (χ4n) is 3.48. The Hall–Kier alpha value is -2.11. The van der Waals surface area contributed by atoms with Crippen molar-refractivity contribution in [3.05, 3.63) is 54.6 Å². The van der Waals surface area contributed by atoms with Crippen molar-refractivity contribution in [3.8, 4) is 5.75 Å². The summed E-state index contributed by atoms with van der Waals surface area (Å²) in [5, 5.41) is 29.0. The lowest BCUT2D eigenvalue weighted by atomic mass is 9.89. The number of aliphatic carboxylic acids is 1. The highest BCUT2D eigenvalue weighted by Gasteiger charge is 2.32. The molecular weight excluding hydrogens is 344 g/mol. The van der Waals surface area contributed by atoms with Gasteiger partial charge >= 0.3 is 5.97 Å². The molecule has 27 heavy (non-hydrogen) atoms. The first-order valence-corrected chi connectivity index (χ1v) is 9.65. The molecule has 5 heteroatoms. The molecule has 0 bridgehead atoms. The van der Waals surface area contributed by atoms with Gasteiger partial charge in [0.15, 0.2) is 0 Å². The second-order valence-electron chi connectivity index (χ2n) is 7.03. The number of hydrogen-bond donors (Lipinski definition) is 3. The molecule has 1 aromatic rings. The third-order valence-corrected chi connectivity index (χ3v) is 4.94. The Morgan fingerprint density at radius 3 is 2.67 bits per heavy atom. The molecule has 0 spiro atoms. The van der Waals surface area contributed by atoms with Gasteiger partial charge in [0.1, 0.15) is 18.5 Å². The summed E-state index contributed by atoms with van der Waals surface area (Å²) in [7, 11) is 0. The average Bonchev–Trinajstić information content (AvgIpc) is 3.01. The van der Waals surface area contributed by atoms with Crippen LogP contribution in [0.3, 0.4) is 0 Å². The normalized spacial score (nSPS) is 23.9. The van der Waals surface area contributed by atoms with Crippen molar-refractivity contribution in [1.29, 1.82) is 0 Å². The molecule has 0 radical (unpaired) electrons. The predicted octanol–water partition coefficient (Wildman–Crippen LogP) is 3.57. The van der Waals surface area contributed by atoms with Crippen LogP contribution in [0.2, 0.25) is 0 Å². The number of carboxylic acid groups (broad SMARTS) is 1. The van der Waals surface area contributed by atoms with Crippen molar-refractivity contribution in [3.63, 3.8) is 0 Å². The molecule has 0 saturated heterocycles. The highest BCUT2D eigenvalue weighted by atomic mass is 16.5. The van der Waals surface area contributed by atoms with Gasteiger partial charge in [-0.3, -0.25) is 4.79 Å². The van der Waals surface area contributed by atoms with E-state index in [2.05, 4.69) is 0 Å². The van der Waals surface area contributed by atoms with E-state index in [1.165, 1.54) is 0 Å². The minimum atomic E-state index is -0.786. The number of benzene rings is 1. The maximum Gasteiger partial charge on any atom is 0.303 e. The van der Waals surface area contributed by atoms with Gasteiger partial charge in [-0.15, -0.1) is 0 Å². The minimum Gasteiger partial charge on any atom is -0.491 e. The Morgan fingerprint density at radius 2 is 1.93 bits per heavy atom. The quantitative estimate of drug-likeness (QED) is 0.516. The van der Waals surface area contributed by atoms with Gasteiger partial charge < -0.3 is 20.1 Å². The molecule has 1 aliphatic carbocycles. The third kappa shape index (κ3) is 7.97. The van der Waals surface area contributed by atoms with E-state index in [-0.39, 0.29) is 31.0 Å². The van der Waals surface area contributed by atoms with Crippen molar-refractivity contribution in [2.45, 2.75) is 50.7 Å². The van der Waals surface area contributed by atoms with Gasteiger partial charge in [-0.2, -0.15) is 0 Å². The zero-order valence-electron chi connectivity index (χ0n) is 15.6. The molecule has 3 N–H and O–H groups in total. The topological polar surface area (TPSA) is 87.0 Å². The van der Waals surface area contributed by atoms with Gasteiger partial charge in [0.05, 0.1) is 6.10 Å². The van der Waals surface area contributed by atoms with Crippen molar-refractivity contribution < 1.29 is 24.9 Å². The monoisotopic (exact) mass is 374 g/mol. The molecule has 5 nitrogen and oxygen atoms in total. The molecule has 0 aromatic heterocycles. The van der Waals surface area contributed by atoms with E-state index in [4.69, 9.17) is 9.84 Å². The smallest absolute Gasteiger partial charge is 0.303 e.